The van der Waals surface area contributed by atoms with Crippen LogP contribution >= 0.6 is 0 Å². The van der Waals surface area contributed by atoms with Crippen molar-refractivity contribution in [2.24, 2.45) is 0 Å². The van der Waals surface area contributed by atoms with Crippen molar-refractivity contribution in [3.63, 3.8) is 0 Å². The molecule has 5 nitrogen and oxygen atoms in total. The Morgan fingerprint density at radius 3 is 2.77 bits per heavy atom. The molecule has 0 N–H and O–H groups in total. The van der Waals surface area contributed by atoms with Gasteiger partial charge in [0.05, 0.1) is 6.04 Å². The van der Waals surface area contributed by atoms with Crippen LogP contribution in [0.3, 0.4) is 0 Å². The van der Waals surface area contributed by atoms with E-state index in [0.29, 0.717) is 11.8 Å². The molecule has 5 heteroatoms. The first kappa shape index (κ1) is 13.2. The van der Waals surface area contributed by atoms with E-state index in [4.69, 9.17) is 0 Å². The lowest BCUT2D eigenvalue weighted by atomic mass is 10.0. The number of anilines is 1. The van der Waals surface area contributed by atoms with Crippen LogP contribution in [0.5, 0.6) is 0 Å². The molecule has 0 saturated carbocycles. The molecule has 3 aromatic rings. The number of hydrogen-bond acceptors (Lipinski definition) is 4. The van der Waals surface area contributed by atoms with Gasteiger partial charge >= 0.3 is 0 Å². The van der Waals surface area contributed by atoms with E-state index in [1.807, 2.05) is 11.4 Å². The summed E-state index contributed by atoms with van der Waals surface area (Å²) in [6.07, 6.45) is 3.93. The first-order valence-electron chi connectivity index (χ1n) is 7.73. The van der Waals surface area contributed by atoms with Crippen LogP contribution in [-0.2, 0) is 0 Å². The maximum Gasteiger partial charge on any atom is 0.254 e. The number of hydrogen-bond donors (Lipinski definition) is 0. The van der Waals surface area contributed by atoms with E-state index in [-0.39, 0.29) is 0 Å². The molecular weight excluding hydrogens is 274 g/mol. The second-order valence-electron chi connectivity index (χ2n) is 5.99. The number of nitrogens with zero attached hydrogens (tertiary/aromatic N) is 5. The molecule has 1 saturated heterocycles. The highest BCUT2D eigenvalue weighted by Crippen LogP contribution is 2.36. The van der Waals surface area contributed by atoms with Gasteiger partial charge in [-0.1, -0.05) is 29.8 Å². The lowest BCUT2D eigenvalue weighted by Crippen LogP contribution is -2.25. The first-order chi connectivity index (χ1) is 10.7. The molecule has 2 aromatic heterocycles. The van der Waals surface area contributed by atoms with Gasteiger partial charge in [-0.3, -0.25) is 0 Å². The molecule has 112 valence electrons. The molecule has 1 aromatic carbocycles. The van der Waals surface area contributed by atoms with Crippen LogP contribution in [0.15, 0.2) is 36.7 Å². The average Bonchev–Trinajstić information content (AvgIpc) is 3.15. The molecule has 1 fully saturated rings. The monoisotopic (exact) mass is 293 g/mol. The third-order valence-corrected chi connectivity index (χ3v) is 4.37. The molecule has 0 unspecified atom stereocenters. The van der Waals surface area contributed by atoms with Crippen molar-refractivity contribution >= 4 is 11.6 Å². The van der Waals surface area contributed by atoms with Gasteiger partial charge in [-0.05, 0) is 32.3 Å². The summed E-state index contributed by atoms with van der Waals surface area (Å²) in [4.78, 5) is 11.1. The van der Waals surface area contributed by atoms with Gasteiger partial charge in [0, 0.05) is 18.3 Å². The van der Waals surface area contributed by atoms with Crippen LogP contribution in [0.25, 0.3) is 5.78 Å². The Morgan fingerprint density at radius 1 is 1.14 bits per heavy atom. The van der Waals surface area contributed by atoms with Crippen molar-refractivity contribution in [2.75, 3.05) is 11.4 Å². The molecule has 3 heterocycles. The minimum atomic E-state index is 0.398. The van der Waals surface area contributed by atoms with Gasteiger partial charge in [0.2, 0.25) is 0 Å². The molecular formula is C17H19N5. The van der Waals surface area contributed by atoms with Gasteiger partial charge in [0.1, 0.15) is 12.1 Å². The second kappa shape index (κ2) is 5.09. The number of rotatable bonds is 2. The quantitative estimate of drug-likeness (QED) is 0.728. The summed E-state index contributed by atoms with van der Waals surface area (Å²) in [6.45, 7) is 5.17. The first-order valence-corrected chi connectivity index (χ1v) is 7.73. The van der Waals surface area contributed by atoms with Gasteiger partial charge in [0.25, 0.3) is 5.78 Å². The summed E-state index contributed by atoms with van der Waals surface area (Å²) >= 11 is 0. The molecule has 0 spiro atoms. The largest absolute Gasteiger partial charge is 0.349 e. The Bertz CT molecular complexity index is 806. The Balaban J connectivity index is 1.79. The van der Waals surface area contributed by atoms with Gasteiger partial charge < -0.3 is 4.90 Å². The maximum atomic E-state index is 4.44. The zero-order chi connectivity index (χ0) is 15.1. The lowest BCUT2D eigenvalue weighted by molar-refractivity contribution is 0.697. The number of aryl methyl sites for hydroxylation is 2. The Hall–Kier alpha value is -2.43. The second-order valence-corrected chi connectivity index (χ2v) is 5.99. The molecule has 0 bridgehead atoms. The predicted molar refractivity (Wildman–Crippen MR) is 86.0 cm³/mol. The Kier molecular flexibility index (Phi) is 3.06. The zero-order valence-corrected chi connectivity index (χ0v) is 12.9. The molecule has 1 aliphatic heterocycles. The smallest absolute Gasteiger partial charge is 0.254 e. The van der Waals surface area contributed by atoms with Gasteiger partial charge in [0.15, 0.2) is 0 Å². The average molecular weight is 293 g/mol. The number of fused-ring (bicyclic) bond motifs is 1. The van der Waals surface area contributed by atoms with Crippen LogP contribution in [0.4, 0.5) is 5.82 Å². The molecule has 0 radical (unpaired) electrons. The van der Waals surface area contributed by atoms with E-state index in [2.05, 4.69) is 57.2 Å². The van der Waals surface area contributed by atoms with Crippen LogP contribution in [0.1, 0.15) is 35.7 Å². The summed E-state index contributed by atoms with van der Waals surface area (Å²) in [5.74, 6) is 1.76. The van der Waals surface area contributed by atoms with E-state index in [1.165, 1.54) is 24.0 Å². The fraction of sp³-hybridized carbons (Fsp3) is 0.353. The normalized spacial score (nSPS) is 18.3. The van der Waals surface area contributed by atoms with E-state index in [9.17, 15) is 0 Å². The molecule has 0 aliphatic carbocycles. The van der Waals surface area contributed by atoms with Crippen molar-refractivity contribution in [3.05, 3.63) is 53.5 Å². The highest BCUT2D eigenvalue weighted by molar-refractivity contribution is 5.50. The standard InChI is InChI=1S/C17H19N5/c1-12-5-7-14(8-6-12)15-4-3-9-21(15)16-10-13(2)20-17-18-11-19-22(16)17/h5-8,10-11,15H,3-4,9H2,1-2H3/t15-/m0/s1. The third-order valence-electron chi connectivity index (χ3n) is 4.37. The fourth-order valence-electron chi connectivity index (χ4n) is 3.29. The van der Waals surface area contributed by atoms with Crippen molar-refractivity contribution in [3.8, 4) is 0 Å². The summed E-state index contributed by atoms with van der Waals surface area (Å²) < 4.78 is 1.85. The molecule has 0 amide bonds. The van der Waals surface area contributed by atoms with E-state index >= 15 is 0 Å². The Labute approximate surface area is 129 Å². The van der Waals surface area contributed by atoms with Crippen molar-refractivity contribution < 1.29 is 0 Å². The predicted octanol–water partition coefficient (Wildman–Crippen LogP) is 3.08. The summed E-state index contributed by atoms with van der Waals surface area (Å²) in [5.41, 5.74) is 3.64. The number of aromatic nitrogens is 4. The third kappa shape index (κ3) is 2.13. The molecule has 22 heavy (non-hydrogen) atoms. The highest BCUT2D eigenvalue weighted by Gasteiger charge is 2.28. The van der Waals surface area contributed by atoms with Crippen LogP contribution in [0.2, 0.25) is 0 Å². The van der Waals surface area contributed by atoms with E-state index < -0.39 is 0 Å². The minimum absolute atomic E-state index is 0.398. The molecule has 1 atom stereocenters. The van der Waals surface area contributed by atoms with E-state index in [1.54, 1.807) is 6.33 Å². The fourth-order valence-corrected chi connectivity index (χ4v) is 3.29. The summed E-state index contributed by atoms with van der Waals surface area (Å²) in [6, 6.07) is 11.4. The summed E-state index contributed by atoms with van der Waals surface area (Å²) in [5, 5.41) is 4.35. The van der Waals surface area contributed by atoms with E-state index in [0.717, 1.165) is 18.1 Å². The Morgan fingerprint density at radius 2 is 1.95 bits per heavy atom. The van der Waals surface area contributed by atoms with Crippen molar-refractivity contribution in [1.82, 2.24) is 19.6 Å². The van der Waals surface area contributed by atoms with Crippen LogP contribution in [0, 0.1) is 13.8 Å². The van der Waals surface area contributed by atoms with Gasteiger partial charge in [-0.15, -0.1) is 0 Å². The van der Waals surface area contributed by atoms with Crippen LogP contribution in [-0.4, -0.2) is 26.1 Å². The SMILES string of the molecule is Cc1ccc([C@@H]2CCCN2c2cc(C)nc3ncnn23)cc1. The zero-order valence-electron chi connectivity index (χ0n) is 12.9. The van der Waals surface area contributed by atoms with Crippen molar-refractivity contribution in [1.29, 1.82) is 0 Å². The lowest BCUT2D eigenvalue weighted by Gasteiger charge is -2.27. The summed E-state index contributed by atoms with van der Waals surface area (Å²) in [7, 11) is 0. The van der Waals surface area contributed by atoms with Gasteiger partial charge in [-0.25, -0.2) is 4.98 Å². The molecule has 4 rings (SSSR count). The topological polar surface area (TPSA) is 46.3 Å². The maximum absolute atomic E-state index is 4.44. The van der Waals surface area contributed by atoms with Gasteiger partial charge in [-0.2, -0.15) is 14.6 Å². The highest BCUT2D eigenvalue weighted by atomic mass is 15.4. The van der Waals surface area contributed by atoms with Crippen molar-refractivity contribution in [2.45, 2.75) is 32.7 Å². The molecule has 1 aliphatic rings. The number of benzene rings is 1. The minimum Gasteiger partial charge on any atom is -0.349 e. The van der Waals surface area contributed by atoms with Crippen LogP contribution < -0.4 is 4.90 Å².